The molecule has 1 atom stereocenters. The number of nitrogens with one attached hydrogen (secondary N) is 3. The zero-order valence-corrected chi connectivity index (χ0v) is 26.0. The summed E-state index contributed by atoms with van der Waals surface area (Å²) in [6.45, 7) is 1.91. The second-order valence-electron chi connectivity index (χ2n) is 9.73. The summed E-state index contributed by atoms with van der Waals surface area (Å²) in [6.07, 6.45) is 1.65. The van der Waals surface area contributed by atoms with Gasteiger partial charge in [-0.25, -0.2) is 0 Å². The summed E-state index contributed by atoms with van der Waals surface area (Å²) in [7, 11) is 0. The maximum atomic E-state index is 13.5. The first kappa shape index (κ1) is 30.8. The summed E-state index contributed by atoms with van der Waals surface area (Å²) in [5, 5.41) is 10.5. The highest BCUT2D eigenvalue weighted by Gasteiger charge is 2.23. The standard InChI is InChI=1S/C35H28ClN3O3S2/c1-23-14-15-27(21-30(23)36)38-35(42)32(24-9-4-2-5-10-24)44-28-18-16-26(17-19-28)37-34(41)31(22-29-13-8-20-43-29)39-33(40)25-11-6-3-7-12-25/h2-22,32H,1H3,(H,37,41)(H,38,42)(H,39,40)/b31-22-. The molecule has 0 aliphatic rings. The topological polar surface area (TPSA) is 87.3 Å². The summed E-state index contributed by atoms with van der Waals surface area (Å²) in [5.74, 6) is -1.02. The number of thiophene rings is 1. The molecule has 220 valence electrons. The van der Waals surface area contributed by atoms with Gasteiger partial charge in [-0.15, -0.1) is 23.1 Å². The number of rotatable bonds is 10. The average Bonchev–Trinajstić information content (AvgIpc) is 3.56. The van der Waals surface area contributed by atoms with Gasteiger partial charge in [0.25, 0.3) is 11.8 Å². The highest BCUT2D eigenvalue weighted by atomic mass is 35.5. The van der Waals surface area contributed by atoms with Crippen molar-refractivity contribution in [2.75, 3.05) is 10.6 Å². The van der Waals surface area contributed by atoms with Gasteiger partial charge < -0.3 is 16.0 Å². The zero-order chi connectivity index (χ0) is 30.9. The van der Waals surface area contributed by atoms with Crippen LogP contribution in [0, 0.1) is 6.92 Å². The predicted molar refractivity (Wildman–Crippen MR) is 181 cm³/mol. The van der Waals surface area contributed by atoms with E-state index in [4.69, 9.17) is 11.6 Å². The van der Waals surface area contributed by atoms with Gasteiger partial charge in [-0.1, -0.05) is 72.3 Å². The second-order valence-corrected chi connectivity index (χ2v) is 12.3. The second kappa shape index (κ2) is 14.7. The number of anilines is 2. The molecule has 5 rings (SSSR count). The molecule has 1 aromatic heterocycles. The number of aryl methyl sites for hydroxylation is 1. The minimum Gasteiger partial charge on any atom is -0.325 e. The molecule has 0 radical (unpaired) electrons. The fourth-order valence-electron chi connectivity index (χ4n) is 4.19. The molecule has 6 nitrogen and oxygen atoms in total. The fraction of sp³-hybridized carbons (Fsp3) is 0.0571. The first-order valence-electron chi connectivity index (χ1n) is 13.7. The Hall–Kier alpha value is -4.63. The number of amides is 3. The van der Waals surface area contributed by atoms with Crippen molar-refractivity contribution in [2.45, 2.75) is 17.1 Å². The van der Waals surface area contributed by atoms with Gasteiger partial charge in [-0.05, 0) is 84.1 Å². The van der Waals surface area contributed by atoms with Gasteiger partial charge in [0, 0.05) is 31.7 Å². The van der Waals surface area contributed by atoms with E-state index in [1.807, 2.05) is 85.1 Å². The smallest absolute Gasteiger partial charge is 0.272 e. The molecule has 5 aromatic rings. The van der Waals surface area contributed by atoms with Crippen LogP contribution in [0.25, 0.3) is 6.08 Å². The molecule has 0 saturated heterocycles. The highest BCUT2D eigenvalue weighted by molar-refractivity contribution is 8.00. The number of thioether (sulfide) groups is 1. The lowest BCUT2D eigenvalue weighted by atomic mass is 10.1. The van der Waals surface area contributed by atoms with Crippen LogP contribution in [0.1, 0.15) is 31.6 Å². The van der Waals surface area contributed by atoms with Crippen LogP contribution in [0.4, 0.5) is 11.4 Å². The lowest BCUT2D eigenvalue weighted by Gasteiger charge is -2.18. The van der Waals surface area contributed by atoms with Gasteiger partial charge in [0.2, 0.25) is 5.91 Å². The van der Waals surface area contributed by atoms with E-state index in [0.29, 0.717) is 22.0 Å². The van der Waals surface area contributed by atoms with Gasteiger partial charge in [0.15, 0.2) is 0 Å². The van der Waals surface area contributed by atoms with E-state index in [0.717, 1.165) is 20.9 Å². The fourth-order valence-corrected chi connectivity index (χ4v) is 6.05. The number of hydrogen-bond acceptors (Lipinski definition) is 5. The normalized spacial score (nSPS) is 11.8. The van der Waals surface area contributed by atoms with E-state index in [-0.39, 0.29) is 17.5 Å². The number of carbonyl (C=O) groups is 3. The summed E-state index contributed by atoms with van der Waals surface area (Å²) in [5.41, 5.74) is 3.51. The van der Waals surface area contributed by atoms with Gasteiger partial charge in [-0.2, -0.15) is 0 Å². The SMILES string of the molecule is Cc1ccc(NC(=O)C(Sc2ccc(NC(=O)/C(=C/c3cccs3)NC(=O)c3ccccc3)cc2)c2ccccc2)cc1Cl. The number of benzene rings is 4. The molecule has 0 bridgehead atoms. The molecule has 0 fully saturated rings. The molecule has 0 aliphatic heterocycles. The van der Waals surface area contributed by atoms with Crippen LogP contribution < -0.4 is 16.0 Å². The Labute approximate surface area is 269 Å². The van der Waals surface area contributed by atoms with Crippen molar-refractivity contribution in [1.29, 1.82) is 0 Å². The zero-order valence-electron chi connectivity index (χ0n) is 23.6. The Morgan fingerprint density at radius 3 is 2.14 bits per heavy atom. The maximum Gasteiger partial charge on any atom is 0.272 e. The Balaban J connectivity index is 1.30. The van der Waals surface area contributed by atoms with E-state index < -0.39 is 11.2 Å². The first-order chi connectivity index (χ1) is 21.4. The van der Waals surface area contributed by atoms with Crippen molar-refractivity contribution >= 4 is 69.9 Å². The number of halogens is 1. The van der Waals surface area contributed by atoms with E-state index in [1.165, 1.54) is 23.1 Å². The van der Waals surface area contributed by atoms with Crippen LogP contribution in [-0.2, 0) is 9.59 Å². The molecular weight excluding hydrogens is 610 g/mol. The Kier molecular flexibility index (Phi) is 10.3. The van der Waals surface area contributed by atoms with Crippen LogP contribution in [0.15, 0.2) is 131 Å². The molecule has 0 aliphatic carbocycles. The van der Waals surface area contributed by atoms with E-state index in [2.05, 4.69) is 16.0 Å². The molecule has 1 unspecified atom stereocenters. The van der Waals surface area contributed by atoms with Gasteiger partial charge in [0.1, 0.15) is 10.9 Å². The number of carbonyl (C=O) groups excluding carboxylic acids is 3. The molecule has 4 aromatic carbocycles. The third kappa shape index (κ3) is 8.26. The summed E-state index contributed by atoms with van der Waals surface area (Å²) in [6, 6.07) is 34.7. The minimum absolute atomic E-state index is 0.122. The quantitative estimate of drug-likeness (QED) is 0.106. The largest absolute Gasteiger partial charge is 0.325 e. The molecule has 1 heterocycles. The van der Waals surface area contributed by atoms with Crippen LogP contribution in [0.2, 0.25) is 5.02 Å². The summed E-state index contributed by atoms with van der Waals surface area (Å²) >= 11 is 9.12. The van der Waals surface area contributed by atoms with E-state index in [1.54, 1.807) is 48.5 Å². The molecule has 3 N–H and O–H groups in total. The number of hydrogen-bond donors (Lipinski definition) is 3. The van der Waals surface area contributed by atoms with Crippen LogP contribution in [-0.4, -0.2) is 17.7 Å². The van der Waals surface area contributed by atoms with Crippen molar-refractivity contribution in [2.24, 2.45) is 0 Å². The van der Waals surface area contributed by atoms with Gasteiger partial charge in [0.05, 0.1) is 0 Å². The maximum absolute atomic E-state index is 13.5. The van der Waals surface area contributed by atoms with Crippen molar-refractivity contribution < 1.29 is 14.4 Å². The molecule has 9 heteroatoms. The van der Waals surface area contributed by atoms with Gasteiger partial charge >= 0.3 is 0 Å². The lowest BCUT2D eigenvalue weighted by Crippen LogP contribution is -2.30. The Morgan fingerprint density at radius 1 is 0.795 bits per heavy atom. The van der Waals surface area contributed by atoms with Crippen molar-refractivity contribution in [3.05, 3.63) is 153 Å². The monoisotopic (exact) mass is 637 g/mol. The summed E-state index contributed by atoms with van der Waals surface area (Å²) < 4.78 is 0. The molecule has 0 saturated carbocycles. The molecule has 3 amide bonds. The van der Waals surface area contributed by atoms with Crippen LogP contribution in [0.5, 0.6) is 0 Å². The van der Waals surface area contributed by atoms with E-state index in [9.17, 15) is 14.4 Å². The van der Waals surface area contributed by atoms with Crippen molar-refractivity contribution in [1.82, 2.24) is 5.32 Å². The predicted octanol–water partition coefficient (Wildman–Crippen LogP) is 8.59. The highest BCUT2D eigenvalue weighted by Crippen LogP contribution is 2.37. The first-order valence-corrected chi connectivity index (χ1v) is 15.8. The molecule has 0 spiro atoms. The Morgan fingerprint density at radius 2 is 1.48 bits per heavy atom. The third-order valence-electron chi connectivity index (χ3n) is 6.50. The van der Waals surface area contributed by atoms with Crippen LogP contribution in [0.3, 0.4) is 0 Å². The third-order valence-corrected chi connectivity index (χ3v) is 9.00. The summed E-state index contributed by atoms with van der Waals surface area (Å²) in [4.78, 5) is 41.3. The minimum atomic E-state index is -0.537. The average molecular weight is 638 g/mol. The Bertz CT molecular complexity index is 1780. The van der Waals surface area contributed by atoms with E-state index >= 15 is 0 Å². The molecule has 44 heavy (non-hydrogen) atoms. The van der Waals surface area contributed by atoms with Crippen molar-refractivity contribution in [3.63, 3.8) is 0 Å². The molecular formula is C35H28ClN3O3S2. The van der Waals surface area contributed by atoms with Gasteiger partial charge in [-0.3, -0.25) is 14.4 Å². The lowest BCUT2D eigenvalue weighted by molar-refractivity contribution is -0.116. The van der Waals surface area contributed by atoms with Crippen LogP contribution >= 0.6 is 34.7 Å². The van der Waals surface area contributed by atoms with Crippen molar-refractivity contribution in [3.8, 4) is 0 Å².